The van der Waals surface area contributed by atoms with Crippen molar-refractivity contribution in [1.82, 2.24) is 5.32 Å². The number of hydrogen-bond acceptors (Lipinski definition) is 8. The normalized spacial score (nSPS) is 21.3. The van der Waals surface area contributed by atoms with Crippen LogP contribution in [0.5, 0.6) is 0 Å². The highest BCUT2D eigenvalue weighted by Crippen LogP contribution is 2.23. The molecule has 0 saturated carbocycles. The lowest BCUT2D eigenvalue weighted by atomic mass is 9.99. The second-order valence-electron chi connectivity index (χ2n) is 16.5. The van der Waals surface area contributed by atoms with Crippen LogP contribution >= 0.6 is 0 Å². The Kier molecular flexibility index (Phi) is 35.7. The van der Waals surface area contributed by atoms with Crippen molar-refractivity contribution in [2.45, 2.75) is 256 Å². The molecule has 0 aromatic carbocycles. The molecule has 1 aliphatic rings. The van der Waals surface area contributed by atoms with Gasteiger partial charge in [-0.2, -0.15) is 0 Å². The molecule has 1 fully saturated rings. The monoisotopic (exact) mass is 796 g/mol. The molecule has 6 N–H and O–H groups in total. The molecule has 0 aromatic heterocycles. The Balaban J connectivity index is 2.03. The molecular weight excluding hydrogens is 707 g/mol. The molecule has 7 atom stereocenters. The number of ether oxygens (including phenoxy) is 2. The average Bonchev–Trinajstić information content (AvgIpc) is 3.20. The van der Waals surface area contributed by atoms with Gasteiger partial charge in [0.2, 0.25) is 5.91 Å². The van der Waals surface area contributed by atoms with Crippen LogP contribution in [-0.4, -0.2) is 87.5 Å². The SMILES string of the molecule is CCCC/C=C/C(O)C(COC1OC(CO)C(O)C(O)C1O)NC(=O)CCCCCCCCCCCCCCCCCCC/C=C\CCCCCCCCCC. The zero-order chi connectivity index (χ0) is 40.9. The molecule has 0 bridgehead atoms. The first-order valence-corrected chi connectivity index (χ1v) is 23.6. The Morgan fingerprint density at radius 2 is 1.02 bits per heavy atom. The van der Waals surface area contributed by atoms with Gasteiger partial charge in [-0.15, -0.1) is 0 Å². The van der Waals surface area contributed by atoms with E-state index in [0.717, 1.165) is 38.5 Å². The minimum Gasteiger partial charge on any atom is -0.394 e. The summed E-state index contributed by atoms with van der Waals surface area (Å²) in [5.41, 5.74) is 0. The fourth-order valence-electron chi connectivity index (χ4n) is 7.43. The Bertz CT molecular complexity index is 930. The van der Waals surface area contributed by atoms with E-state index in [2.05, 4.69) is 31.3 Å². The van der Waals surface area contributed by atoms with Crippen molar-refractivity contribution in [2.75, 3.05) is 13.2 Å². The van der Waals surface area contributed by atoms with E-state index in [1.165, 1.54) is 154 Å². The quantitative estimate of drug-likeness (QED) is 0.0266. The van der Waals surface area contributed by atoms with Gasteiger partial charge in [-0.05, 0) is 38.5 Å². The second kappa shape index (κ2) is 37.9. The van der Waals surface area contributed by atoms with Crippen molar-refractivity contribution in [3.05, 3.63) is 24.3 Å². The maximum Gasteiger partial charge on any atom is 0.220 e. The van der Waals surface area contributed by atoms with E-state index >= 15 is 0 Å². The molecule has 0 aromatic rings. The molecule has 1 amide bonds. The van der Waals surface area contributed by atoms with Crippen LogP contribution in [0, 0.1) is 0 Å². The maximum atomic E-state index is 12.8. The van der Waals surface area contributed by atoms with Crippen molar-refractivity contribution >= 4 is 5.91 Å². The van der Waals surface area contributed by atoms with Gasteiger partial charge in [-0.3, -0.25) is 4.79 Å². The molecule has 9 nitrogen and oxygen atoms in total. The number of unbranched alkanes of at least 4 members (excludes halogenated alkanes) is 27. The number of hydrogen-bond donors (Lipinski definition) is 6. The molecule has 330 valence electrons. The molecule has 0 radical (unpaired) electrons. The summed E-state index contributed by atoms with van der Waals surface area (Å²) in [7, 11) is 0. The molecule has 1 rings (SSSR count). The van der Waals surface area contributed by atoms with Crippen molar-refractivity contribution < 1.29 is 39.8 Å². The summed E-state index contributed by atoms with van der Waals surface area (Å²) in [6.45, 7) is 3.62. The Hall–Kier alpha value is -1.33. The number of rotatable bonds is 39. The Labute approximate surface area is 343 Å². The molecule has 1 saturated heterocycles. The smallest absolute Gasteiger partial charge is 0.220 e. The first kappa shape index (κ1) is 52.7. The van der Waals surface area contributed by atoms with Crippen LogP contribution in [0.15, 0.2) is 24.3 Å². The van der Waals surface area contributed by atoms with E-state index in [1.807, 2.05) is 6.08 Å². The van der Waals surface area contributed by atoms with Gasteiger partial charge in [-0.25, -0.2) is 0 Å². The lowest BCUT2D eigenvalue weighted by Crippen LogP contribution is -2.60. The van der Waals surface area contributed by atoms with Crippen molar-refractivity contribution in [3.8, 4) is 0 Å². The van der Waals surface area contributed by atoms with E-state index in [9.17, 15) is 30.3 Å². The van der Waals surface area contributed by atoms with Crippen LogP contribution in [-0.2, 0) is 14.3 Å². The summed E-state index contributed by atoms with van der Waals surface area (Å²) in [4.78, 5) is 12.8. The lowest BCUT2D eigenvalue weighted by Gasteiger charge is -2.40. The molecule has 1 aliphatic heterocycles. The van der Waals surface area contributed by atoms with Crippen molar-refractivity contribution in [3.63, 3.8) is 0 Å². The fourth-order valence-corrected chi connectivity index (χ4v) is 7.43. The minimum atomic E-state index is -1.56. The van der Waals surface area contributed by atoms with Gasteiger partial charge >= 0.3 is 0 Å². The summed E-state index contributed by atoms with van der Waals surface area (Å²) in [6.07, 6.45) is 38.9. The van der Waals surface area contributed by atoms with Gasteiger partial charge in [0.05, 0.1) is 25.4 Å². The van der Waals surface area contributed by atoms with Gasteiger partial charge in [0.1, 0.15) is 24.4 Å². The molecule has 0 spiro atoms. The van der Waals surface area contributed by atoms with E-state index in [-0.39, 0.29) is 12.5 Å². The van der Waals surface area contributed by atoms with Gasteiger partial charge < -0.3 is 40.3 Å². The third-order valence-electron chi connectivity index (χ3n) is 11.3. The van der Waals surface area contributed by atoms with Gasteiger partial charge in [0, 0.05) is 6.42 Å². The average molecular weight is 796 g/mol. The summed E-state index contributed by atoms with van der Waals surface area (Å²) in [5.74, 6) is -0.184. The highest BCUT2D eigenvalue weighted by Gasteiger charge is 2.44. The van der Waals surface area contributed by atoms with Crippen LogP contribution in [0.25, 0.3) is 0 Å². The zero-order valence-corrected chi connectivity index (χ0v) is 36.1. The van der Waals surface area contributed by atoms with E-state index < -0.39 is 49.5 Å². The third kappa shape index (κ3) is 28.2. The first-order valence-electron chi connectivity index (χ1n) is 23.6. The molecule has 7 unspecified atom stereocenters. The lowest BCUT2D eigenvalue weighted by molar-refractivity contribution is -0.302. The second-order valence-corrected chi connectivity index (χ2v) is 16.5. The number of aliphatic hydroxyl groups excluding tert-OH is 5. The van der Waals surface area contributed by atoms with E-state index in [0.29, 0.717) is 6.42 Å². The highest BCUT2D eigenvalue weighted by atomic mass is 16.7. The van der Waals surface area contributed by atoms with Crippen LogP contribution in [0.1, 0.15) is 213 Å². The van der Waals surface area contributed by atoms with Crippen molar-refractivity contribution in [1.29, 1.82) is 0 Å². The molecule has 9 heteroatoms. The number of aliphatic hydroxyl groups is 5. The van der Waals surface area contributed by atoms with E-state index in [1.54, 1.807) is 6.08 Å². The summed E-state index contributed by atoms with van der Waals surface area (Å²) < 4.78 is 11.1. The van der Waals surface area contributed by atoms with Crippen LogP contribution in [0.3, 0.4) is 0 Å². The largest absolute Gasteiger partial charge is 0.394 e. The van der Waals surface area contributed by atoms with Gasteiger partial charge in [0.25, 0.3) is 0 Å². The number of nitrogens with one attached hydrogen (secondary N) is 1. The summed E-state index contributed by atoms with van der Waals surface area (Å²) in [6, 6.07) is -0.797. The number of amides is 1. The first-order chi connectivity index (χ1) is 27.3. The van der Waals surface area contributed by atoms with Crippen LogP contribution < -0.4 is 5.32 Å². The van der Waals surface area contributed by atoms with Crippen LogP contribution in [0.2, 0.25) is 0 Å². The standard InChI is InChI=1S/C47H89NO8/c1-3-5-7-9-10-11-12-13-14-15-16-17-18-19-20-21-22-23-24-25-26-27-28-29-30-31-32-33-35-37-43(51)48-40(41(50)36-34-8-6-4-2)39-55-47-46(54)45(53)44(52)42(38-49)56-47/h15-16,34,36,40-42,44-47,49-50,52-54H,3-14,17-33,35,37-39H2,1-2H3,(H,48,51)/b16-15-,36-34+. The predicted octanol–water partition coefficient (Wildman–Crippen LogP) is 9.89. The minimum absolute atomic E-state index is 0.184. The summed E-state index contributed by atoms with van der Waals surface area (Å²) in [5, 5.41) is 53.5. The zero-order valence-electron chi connectivity index (χ0n) is 36.1. The Morgan fingerprint density at radius 1 is 0.589 bits per heavy atom. The highest BCUT2D eigenvalue weighted by molar-refractivity contribution is 5.76. The molecular formula is C47H89NO8. The fraction of sp³-hybridized carbons (Fsp3) is 0.894. The molecule has 0 aliphatic carbocycles. The predicted molar refractivity (Wildman–Crippen MR) is 230 cm³/mol. The van der Waals surface area contributed by atoms with E-state index in [4.69, 9.17) is 9.47 Å². The Morgan fingerprint density at radius 3 is 1.48 bits per heavy atom. The number of allylic oxidation sites excluding steroid dienone is 3. The number of carbonyl (C=O) groups is 1. The van der Waals surface area contributed by atoms with Gasteiger partial charge in [-0.1, -0.05) is 192 Å². The van der Waals surface area contributed by atoms with Crippen LogP contribution in [0.4, 0.5) is 0 Å². The third-order valence-corrected chi connectivity index (χ3v) is 11.3. The molecule has 56 heavy (non-hydrogen) atoms. The topological polar surface area (TPSA) is 149 Å². The molecule has 1 heterocycles. The summed E-state index contributed by atoms with van der Waals surface area (Å²) >= 11 is 0. The number of carbonyl (C=O) groups excluding carboxylic acids is 1. The van der Waals surface area contributed by atoms with Gasteiger partial charge in [0.15, 0.2) is 6.29 Å². The van der Waals surface area contributed by atoms with Crippen molar-refractivity contribution in [2.24, 2.45) is 0 Å². The maximum absolute atomic E-state index is 12.8.